The van der Waals surface area contributed by atoms with Gasteiger partial charge in [0.2, 0.25) is 17.7 Å². The fraction of sp³-hybridized carbons (Fsp3) is 0.368. The van der Waals surface area contributed by atoms with Crippen molar-refractivity contribution in [2.75, 3.05) is 38.2 Å². The average Bonchev–Trinajstić information content (AvgIpc) is 3.24. The number of piperazine rings is 1. The van der Waals surface area contributed by atoms with Crippen LogP contribution in [0.2, 0.25) is 0 Å². The monoisotopic (exact) mass is 366 g/mol. The second-order valence-electron chi connectivity index (χ2n) is 6.42. The number of hydrogen-bond acceptors (Lipinski definition) is 8. The zero-order valence-electron chi connectivity index (χ0n) is 15.4. The van der Waals surface area contributed by atoms with E-state index in [1.807, 2.05) is 30.3 Å². The Morgan fingerprint density at radius 2 is 1.70 bits per heavy atom. The van der Waals surface area contributed by atoms with E-state index in [2.05, 4.69) is 36.9 Å². The van der Waals surface area contributed by atoms with Crippen LogP contribution < -0.4 is 9.64 Å². The Balaban J connectivity index is 1.40. The summed E-state index contributed by atoms with van der Waals surface area (Å²) in [6.07, 6.45) is 3.55. The minimum Gasteiger partial charge on any atom is -0.497 e. The Labute approximate surface area is 157 Å². The van der Waals surface area contributed by atoms with Gasteiger partial charge in [0, 0.05) is 44.1 Å². The number of nitrogens with zero attached hydrogens (tertiary/aromatic N) is 6. The predicted octanol–water partition coefficient (Wildman–Crippen LogP) is 2.42. The summed E-state index contributed by atoms with van der Waals surface area (Å²) in [6.45, 7) is 5.61. The second-order valence-corrected chi connectivity index (χ2v) is 6.42. The zero-order chi connectivity index (χ0) is 18.6. The molecule has 1 aliphatic heterocycles. The summed E-state index contributed by atoms with van der Waals surface area (Å²) in [7, 11) is 1.64. The van der Waals surface area contributed by atoms with Crippen molar-refractivity contribution >= 4 is 5.95 Å². The van der Waals surface area contributed by atoms with Crippen LogP contribution >= 0.6 is 0 Å². The van der Waals surface area contributed by atoms with Gasteiger partial charge in [0.1, 0.15) is 5.75 Å². The van der Waals surface area contributed by atoms with Gasteiger partial charge in [-0.15, -0.1) is 10.2 Å². The molecule has 1 atom stereocenters. The van der Waals surface area contributed by atoms with Gasteiger partial charge in [0.25, 0.3) is 0 Å². The van der Waals surface area contributed by atoms with E-state index in [1.54, 1.807) is 19.5 Å². The Morgan fingerprint density at radius 3 is 2.37 bits per heavy atom. The van der Waals surface area contributed by atoms with E-state index in [0.29, 0.717) is 11.8 Å². The normalized spacial score (nSPS) is 16.3. The van der Waals surface area contributed by atoms with E-state index < -0.39 is 0 Å². The van der Waals surface area contributed by atoms with Crippen LogP contribution in [0.15, 0.2) is 47.1 Å². The maximum absolute atomic E-state index is 5.93. The molecule has 2 aromatic heterocycles. The molecule has 0 saturated carbocycles. The number of benzene rings is 1. The smallest absolute Gasteiger partial charge is 0.247 e. The maximum Gasteiger partial charge on any atom is 0.247 e. The lowest BCUT2D eigenvalue weighted by Gasteiger charge is -2.36. The van der Waals surface area contributed by atoms with Crippen molar-refractivity contribution in [2.24, 2.45) is 0 Å². The van der Waals surface area contributed by atoms with Crippen LogP contribution in [0.25, 0.3) is 11.5 Å². The molecule has 8 nitrogen and oxygen atoms in total. The van der Waals surface area contributed by atoms with Crippen molar-refractivity contribution in [1.82, 2.24) is 25.1 Å². The van der Waals surface area contributed by atoms with E-state index in [4.69, 9.17) is 9.15 Å². The first kappa shape index (κ1) is 17.4. The lowest BCUT2D eigenvalue weighted by molar-refractivity contribution is 0.173. The highest BCUT2D eigenvalue weighted by Crippen LogP contribution is 2.26. The molecule has 0 radical (unpaired) electrons. The van der Waals surface area contributed by atoms with Crippen molar-refractivity contribution in [3.63, 3.8) is 0 Å². The Hall–Kier alpha value is -3.00. The first-order valence-electron chi connectivity index (χ1n) is 8.98. The molecule has 0 unspecified atom stereocenters. The third-order valence-electron chi connectivity index (χ3n) is 4.83. The van der Waals surface area contributed by atoms with Crippen LogP contribution in [0.5, 0.6) is 5.75 Å². The van der Waals surface area contributed by atoms with Gasteiger partial charge in [-0.1, -0.05) is 0 Å². The molecule has 8 heteroatoms. The molecule has 1 aliphatic rings. The summed E-state index contributed by atoms with van der Waals surface area (Å²) < 4.78 is 11.1. The van der Waals surface area contributed by atoms with Gasteiger partial charge < -0.3 is 14.1 Å². The highest BCUT2D eigenvalue weighted by atomic mass is 16.5. The van der Waals surface area contributed by atoms with Crippen molar-refractivity contribution in [3.8, 4) is 17.2 Å². The molecule has 3 aromatic rings. The van der Waals surface area contributed by atoms with E-state index in [-0.39, 0.29) is 6.04 Å². The van der Waals surface area contributed by atoms with Gasteiger partial charge in [0.05, 0.1) is 13.2 Å². The number of aromatic nitrogens is 4. The number of methoxy groups -OCH3 is 1. The van der Waals surface area contributed by atoms with Gasteiger partial charge in [-0.25, -0.2) is 9.97 Å². The van der Waals surface area contributed by atoms with Gasteiger partial charge >= 0.3 is 0 Å². The standard InChI is InChI=1S/C19H22N6O2/c1-14(24-10-12-25(13-11-24)19-20-8-3-9-21-19)17-22-23-18(27-17)15-4-6-16(26-2)7-5-15/h3-9,14H,10-13H2,1-2H3/t14-/m0/s1. The first-order chi connectivity index (χ1) is 13.2. The highest BCUT2D eigenvalue weighted by molar-refractivity contribution is 5.54. The molecule has 0 bridgehead atoms. The number of rotatable bonds is 5. The summed E-state index contributed by atoms with van der Waals surface area (Å²) in [6, 6.07) is 9.49. The van der Waals surface area contributed by atoms with Gasteiger partial charge in [-0.3, -0.25) is 4.90 Å². The Morgan fingerprint density at radius 1 is 1.00 bits per heavy atom. The maximum atomic E-state index is 5.93. The van der Waals surface area contributed by atoms with Crippen LogP contribution in [-0.4, -0.2) is 58.4 Å². The molecule has 0 spiro atoms. The van der Waals surface area contributed by atoms with Gasteiger partial charge in [0.15, 0.2) is 0 Å². The molecule has 27 heavy (non-hydrogen) atoms. The summed E-state index contributed by atoms with van der Waals surface area (Å²) in [5.41, 5.74) is 0.882. The quantitative estimate of drug-likeness (QED) is 0.681. The molecule has 1 aromatic carbocycles. The largest absolute Gasteiger partial charge is 0.497 e. The van der Waals surface area contributed by atoms with Crippen LogP contribution in [0.1, 0.15) is 18.9 Å². The SMILES string of the molecule is COc1ccc(-c2nnc([C@H](C)N3CCN(c4ncccn4)CC3)o2)cc1. The second kappa shape index (κ2) is 7.71. The fourth-order valence-electron chi connectivity index (χ4n) is 3.17. The van der Waals surface area contributed by atoms with Crippen molar-refractivity contribution in [1.29, 1.82) is 0 Å². The third kappa shape index (κ3) is 3.75. The Bertz CT molecular complexity index is 859. The number of hydrogen-bond donors (Lipinski definition) is 0. The number of anilines is 1. The molecule has 0 amide bonds. The van der Waals surface area contributed by atoms with Gasteiger partial charge in [-0.2, -0.15) is 0 Å². The van der Waals surface area contributed by atoms with Crippen molar-refractivity contribution in [2.45, 2.75) is 13.0 Å². The molecule has 1 fully saturated rings. The first-order valence-corrected chi connectivity index (χ1v) is 8.98. The lowest BCUT2D eigenvalue weighted by Crippen LogP contribution is -2.47. The van der Waals surface area contributed by atoms with Crippen molar-refractivity contribution < 1.29 is 9.15 Å². The molecular weight excluding hydrogens is 344 g/mol. The third-order valence-corrected chi connectivity index (χ3v) is 4.83. The van der Waals surface area contributed by atoms with E-state index in [1.165, 1.54) is 0 Å². The summed E-state index contributed by atoms with van der Waals surface area (Å²) in [5, 5.41) is 8.47. The summed E-state index contributed by atoms with van der Waals surface area (Å²) >= 11 is 0. The van der Waals surface area contributed by atoms with Gasteiger partial charge in [-0.05, 0) is 37.3 Å². The van der Waals surface area contributed by atoms with Crippen LogP contribution in [0.3, 0.4) is 0 Å². The minimum absolute atomic E-state index is 0.0586. The molecule has 3 heterocycles. The molecule has 0 N–H and O–H groups in total. The lowest BCUT2D eigenvalue weighted by atomic mass is 10.2. The minimum atomic E-state index is 0.0586. The summed E-state index contributed by atoms with van der Waals surface area (Å²) in [5.74, 6) is 2.73. The topological polar surface area (TPSA) is 80.4 Å². The van der Waals surface area contributed by atoms with Crippen molar-refractivity contribution in [3.05, 3.63) is 48.6 Å². The molecule has 140 valence electrons. The molecule has 1 saturated heterocycles. The van der Waals surface area contributed by atoms with Crippen LogP contribution in [-0.2, 0) is 0 Å². The number of ether oxygens (including phenoxy) is 1. The predicted molar refractivity (Wildman–Crippen MR) is 101 cm³/mol. The van der Waals surface area contributed by atoms with Crippen LogP contribution in [0, 0.1) is 0 Å². The summed E-state index contributed by atoms with van der Waals surface area (Å²) in [4.78, 5) is 13.2. The van der Waals surface area contributed by atoms with E-state index in [0.717, 1.165) is 43.4 Å². The van der Waals surface area contributed by atoms with E-state index in [9.17, 15) is 0 Å². The van der Waals surface area contributed by atoms with Crippen LogP contribution in [0.4, 0.5) is 5.95 Å². The van der Waals surface area contributed by atoms with E-state index >= 15 is 0 Å². The Kier molecular flexibility index (Phi) is 4.97. The molecule has 4 rings (SSSR count). The fourth-order valence-corrected chi connectivity index (χ4v) is 3.17. The highest BCUT2D eigenvalue weighted by Gasteiger charge is 2.26. The average molecular weight is 366 g/mol. The molecular formula is C19H22N6O2. The molecule has 0 aliphatic carbocycles. The zero-order valence-corrected chi connectivity index (χ0v) is 15.4.